The van der Waals surface area contributed by atoms with Gasteiger partial charge in [0.25, 0.3) is 5.56 Å². The van der Waals surface area contributed by atoms with Crippen LogP contribution in [0.25, 0.3) is 10.8 Å². The third-order valence-electron chi connectivity index (χ3n) is 4.69. The van der Waals surface area contributed by atoms with Crippen LogP contribution >= 0.6 is 0 Å². The van der Waals surface area contributed by atoms with Crippen LogP contribution in [0.3, 0.4) is 0 Å². The summed E-state index contributed by atoms with van der Waals surface area (Å²) in [6.45, 7) is 5.72. The van der Waals surface area contributed by atoms with E-state index in [1.807, 2.05) is 32.9 Å². The summed E-state index contributed by atoms with van der Waals surface area (Å²) in [6, 6.07) is 6.18. The Bertz CT molecular complexity index is 986. The van der Waals surface area contributed by atoms with Crippen LogP contribution in [0.1, 0.15) is 50.8 Å². The summed E-state index contributed by atoms with van der Waals surface area (Å²) in [5.41, 5.74) is 1.78. The minimum Gasteiger partial charge on any atom is -0.389 e. The average molecular weight is 381 g/mol. The zero-order chi connectivity index (χ0) is 20.3. The van der Waals surface area contributed by atoms with Crippen LogP contribution in [-0.4, -0.2) is 27.6 Å². The zero-order valence-corrected chi connectivity index (χ0v) is 16.6. The molecule has 0 saturated heterocycles. The fourth-order valence-electron chi connectivity index (χ4n) is 3.10. The topological polar surface area (TPSA) is 99.9 Å². The second kappa shape index (κ2) is 8.37. The highest BCUT2D eigenvalue weighted by Gasteiger charge is 2.24. The van der Waals surface area contributed by atoms with Crippen molar-refractivity contribution in [1.82, 2.24) is 20.4 Å². The van der Waals surface area contributed by atoms with Gasteiger partial charge in [-0.25, -0.2) is 4.68 Å². The summed E-state index contributed by atoms with van der Waals surface area (Å²) in [5, 5.41) is 19.2. The van der Waals surface area contributed by atoms with Gasteiger partial charge in [0.2, 0.25) is 5.91 Å². The van der Waals surface area contributed by atoms with Crippen molar-refractivity contribution in [3.63, 3.8) is 0 Å². The normalized spacial score (nSPS) is 14.0. The molecule has 7 heteroatoms. The Balaban J connectivity index is 1.79. The highest BCUT2D eigenvalue weighted by molar-refractivity contribution is 6.02. The number of fused-ring (bicyclic) bond motifs is 1. The minimum absolute atomic E-state index is 0.0446. The first-order valence-corrected chi connectivity index (χ1v) is 9.73. The Hall–Kier alpha value is -2.96. The number of rotatable bonds is 7. The van der Waals surface area contributed by atoms with Crippen LogP contribution in [0.2, 0.25) is 0 Å². The molecule has 0 spiro atoms. The highest BCUT2D eigenvalue weighted by atomic mass is 16.2. The Morgan fingerprint density at radius 3 is 2.75 bits per heavy atom. The van der Waals surface area contributed by atoms with Gasteiger partial charge in [0.1, 0.15) is 12.4 Å². The molecule has 1 heterocycles. The Morgan fingerprint density at radius 1 is 1.36 bits per heavy atom. The van der Waals surface area contributed by atoms with E-state index < -0.39 is 5.91 Å². The van der Waals surface area contributed by atoms with Gasteiger partial charge in [0.05, 0.1) is 11.1 Å². The molecule has 1 fully saturated rings. The predicted octanol–water partition coefficient (Wildman–Crippen LogP) is 2.44. The quantitative estimate of drug-likeness (QED) is 0.507. The number of amides is 1. The molecular weight excluding hydrogens is 354 g/mol. The number of carbonyl (C=O) groups is 1. The van der Waals surface area contributed by atoms with Crippen molar-refractivity contribution in [2.75, 3.05) is 0 Å². The van der Waals surface area contributed by atoms with Crippen molar-refractivity contribution >= 4 is 22.5 Å². The van der Waals surface area contributed by atoms with E-state index >= 15 is 0 Å². The van der Waals surface area contributed by atoms with E-state index in [1.165, 1.54) is 29.2 Å². The van der Waals surface area contributed by atoms with Gasteiger partial charge in [0, 0.05) is 17.6 Å². The van der Waals surface area contributed by atoms with Crippen molar-refractivity contribution in [2.45, 2.75) is 58.5 Å². The largest absolute Gasteiger partial charge is 0.389 e. The van der Waals surface area contributed by atoms with Crippen LogP contribution in [-0.2, 0) is 17.8 Å². The molecule has 0 unspecified atom stereocenters. The van der Waals surface area contributed by atoms with Gasteiger partial charge in [0.15, 0.2) is 0 Å². The van der Waals surface area contributed by atoms with Crippen LogP contribution in [0.4, 0.5) is 0 Å². The molecule has 1 aromatic heterocycles. The zero-order valence-electron chi connectivity index (χ0n) is 16.6. The van der Waals surface area contributed by atoms with Gasteiger partial charge in [-0.05, 0) is 62.8 Å². The van der Waals surface area contributed by atoms with Crippen LogP contribution in [0, 0.1) is 5.41 Å². The first-order chi connectivity index (χ1) is 13.4. The number of aryl methyl sites for hydroxylation is 1. The Morgan fingerprint density at radius 2 is 2.11 bits per heavy atom. The number of benzene rings is 1. The van der Waals surface area contributed by atoms with Gasteiger partial charge in [-0.3, -0.25) is 15.0 Å². The molecule has 0 aliphatic heterocycles. The minimum atomic E-state index is -0.454. The third kappa shape index (κ3) is 4.65. The van der Waals surface area contributed by atoms with E-state index in [2.05, 4.69) is 21.8 Å². The number of hydrogen-bond donors (Lipinski definition) is 3. The lowest BCUT2D eigenvalue weighted by molar-refractivity contribution is -0.120. The molecule has 1 aromatic carbocycles. The monoisotopic (exact) mass is 381 g/mol. The summed E-state index contributed by atoms with van der Waals surface area (Å²) < 4.78 is 1.19. The first kappa shape index (κ1) is 19.8. The lowest BCUT2D eigenvalue weighted by Crippen LogP contribution is -2.36. The molecule has 0 atom stereocenters. The molecule has 28 heavy (non-hydrogen) atoms. The van der Waals surface area contributed by atoms with Crippen molar-refractivity contribution in [1.29, 1.82) is 5.41 Å². The lowest BCUT2D eigenvalue weighted by atomic mass is 10.0. The van der Waals surface area contributed by atoms with Crippen LogP contribution < -0.4 is 16.2 Å². The molecule has 1 amide bonds. The van der Waals surface area contributed by atoms with E-state index in [0.29, 0.717) is 17.7 Å². The maximum atomic E-state index is 12.8. The molecule has 3 rings (SSSR count). The maximum absolute atomic E-state index is 12.8. The van der Waals surface area contributed by atoms with Crippen LogP contribution in [0.5, 0.6) is 0 Å². The fraction of sp³-hybridized carbons (Fsp3) is 0.429. The smallest absolute Gasteiger partial charge is 0.275 e. The number of aromatic nitrogens is 2. The summed E-state index contributed by atoms with van der Waals surface area (Å²) in [7, 11) is 0. The first-order valence-electron chi connectivity index (χ1n) is 9.73. The molecular formula is C21H27N5O2. The molecule has 1 aliphatic carbocycles. The van der Waals surface area contributed by atoms with E-state index in [4.69, 9.17) is 5.41 Å². The number of amidine groups is 1. The Labute approximate surface area is 164 Å². The summed E-state index contributed by atoms with van der Waals surface area (Å²) in [4.78, 5) is 25.1. The van der Waals surface area contributed by atoms with E-state index in [1.54, 1.807) is 6.20 Å². The second-order valence-electron chi connectivity index (χ2n) is 7.46. The van der Waals surface area contributed by atoms with Crippen LogP contribution in [0.15, 0.2) is 35.3 Å². The number of nitrogens with zero attached hydrogens (tertiary/aromatic N) is 2. The SMILES string of the molecule is CCc1nn(CC(=O)NC(=N)/C=C\NC(C)C)c(=O)c2ccc(C3CC3)cc12. The Kier molecular flexibility index (Phi) is 5.92. The van der Waals surface area contributed by atoms with E-state index in [0.717, 1.165) is 11.1 Å². The number of nitrogens with one attached hydrogen (secondary N) is 3. The van der Waals surface area contributed by atoms with Crippen molar-refractivity contribution in [3.05, 3.63) is 52.1 Å². The summed E-state index contributed by atoms with van der Waals surface area (Å²) in [6.07, 6.45) is 6.15. The second-order valence-corrected chi connectivity index (χ2v) is 7.46. The fourth-order valence-corrected chi connectivity index (χ4v) is 3.10. The lowest BCUT2D eigenvalue weighted by Gasteiger charge is -2.11. The molecule has 0 bridgehead atoms. The molecule has 3 N–H and O–H groups in total. The third-order valence-corrected chi connectivity index (χ3v) is 4.69. The summed E-state index contributed by atoms with van der Waals surface area (Å²) in [5.74, 6) is 0.105. The van der Waals surface area contributed by atoms with Crippen molar-refractivity contribution < 1.29 is 4.79 Å². The van der Waals surface area contributed by atoms with Gasteiger partial charge < -0.3 is 10.6 Å². The molecule has 7 nitrogen and oxygen atoms in total. The van der Waals surface area contributed by atoms with Gasteiger partial charge >= 0.3 is 0 Å². The molecule has 1 aliphatic rings. The van der Waals surface area contributed by atoms with E-state index in [9.17, 15) is 9.59 Å². The average Bonchev–Trinajstić information content (AvgIpc) is 3.48. The molecule has 1 saturated carbocycles. The predicted molar refractivity (Wildman–Crippen MR) is 111 cm³/mol. The maximum Gasteiger partial charge on any atom is 0.275 e. The number of hydrogen-bond acceptors (Lipinski definition) is 5. The molecule has 0 radical (unpaired) electrons. The summed E-state index contributed by atoms with van der Waals surface area (Å²) >= 11 is 0. The standard InChI is InChI=1S/C21H27N5O2/c1-4-18-17-11-15(14-5-6-14)7-8-16(17)21(28)26(25-18)12-20(27)24-19(22)9-10-23-13(2)3/h7-11,13-14,23H,4-6,12H2,1-3H3,(H2,22,24,27)/b10-9-. The molecule has 148 valence electrons. The van der Waals surface area contributed by atoms with Gasteiger partial charge in [-0.1, -0.05) is 13.0 Å². The highest BCUT2D eigenvalue weighted by Crippen LogP contribution is 2.40. The van der Waals surface area contributed by atoms with Gasteiger partial charge in [-0.15, -0.1) is 0 Å². The molecule has 2 aromatic rings. The number of carbonyl (C=O) groups excluding carboxylic acids is 1. The van der Waals surface area contributed by atoms with Crippen molar-refractivity contribution in [2.24, 2.45) is 0 Å². The van der Waals surface area contributed by atoms with Crippen molar-refractivity contribution in [3.8, 4) is 0 Å². The van der Waals surface area contributed by atoms with Gasteiger partial charge in [-0.2, -0.15) is 5.10 Å². The van der Waals surface area contributed by atoms with E-state index in [-0.39, 0.29) is 24.0 Å².